The Balaban J connectivity index is 0.00000312. The lowest BCUT2D eigenvalue weighted by atomic mass is 9.88. The van der Waals surface area contributed by atoms with Crippen LogP contribution in [-0.4, -0.2) is 79.9 Å². The molecule has 0 spiro atoms. The molecule has 0 N–H and O–H groups in total. The molecule has 0 saturated carbocycles. The zero-order valence-electron chi connectivity index (χ0n) is 15.4. The lowest BCUT2D eigenvalue weighted by Crippen LogP contribution is -2.43. The molecule has 25 heavy (non-hydrogen) atoms. The highest BCUT2D eigenvalue weighted by Crippen LogP contribution is 2.41. The monoisotopic (exact) mass is 393 g/mol. The van der Waals surface area contributed by atoms with Gasteiger partial charge < -0.3 is 9.80 Å². The zero-order chi connectivity index (χ0) is 18.2. The van der Waals surface area contributed by atoms with Crippen molar-refractivity contribution in [3.8, 4) is 0 Å². The largest absolute Gasteiger partial charge is 0.333 e. The van der Waals surface area contributed by atoms with Crippen LogP contribution in [0.25, 0.3) is 0 Å². The molecule has 0 radical (unpaired) electrons. The molecule has 2 aliphatic heterocycles. The summed E-state index contributed by atoms with van der Waals surface area (Å²) in [5, 5.41) is 0. The molecule has 0 aromatic carbocycles. The summed E-state index contributed by atoms with van der Waals surface area (Å²) >= 11 is 0. The van der Waals surface area contributed by atoms with Crippen molar-refractivity contribution in [2.24, 2.45) is 11.8 Å². The van der Waals surface area contributed by atoms with Gasteiger partial charge in [-0.25, -0.2) is 12.7 Å². The van der Waals surface area contributed by atoms with Crippen LogP contribution in [0.5, 0.6) is 0 Å². The van der Waals surface area contributed by atoms with Crippen molar-refractivity contribution < 1.29 is 18.0 Å². The summed E-state index contributed by atoms with van der Waals surface area (Å²) in [6, 6.07) is -0.810. The maximum absolute atomic E-state index is 12.7. The molecule has 2 aliphatic rings. The maximum Gasteiger partial charge on any atom is 0.246 e. The van der Waals surface area contributed by atoms with E-state index >= 15 is 0 Å². The van der Waals surface area contributed by atoms with Crippen LogP contribution in [0.3, 0.4) is 0 Å². The number of halogens is 1. The number of rotatable bonds is 5. The number of carbonyl (C=O) groups excluding carboxylic acids is 2. The highest BCUT2D eigenvalue weighted by molar-refractivity contribution is 7.88. The van der Waals surface area contributed by atoms with Crippen LogP contribution < -0.4 is 0 Å². The molecule has 0 unspecified atom stereocenters. The quantitative estimate of drug-likeness (QED) is 0.638. The maximum atomic E-state index is 12.7. The third kappa shape index (κ3) is 4.35. The number of amides is 2. The normalized spacial score (nSPS) is 26.7. The number of likely N-dealkylation sites (tertiary alicyclic amines) is 1. The smallest absolute Gasteiger partial charge is 0.246 e. The van der Waals surface area contributed by atoms with E-state index in [1.807, 2.05) is 32.8 Å². The van der Waals surface area contributed by atoms with Crippen LogP contribution in [-0.2, 0) is 19.6 Å². The first-order valence-electron chi connectivity index (χ1n) is 8.20. The van der Waals surface area contributed by atoms with Gasteiger partial charge in [0.1, 0.15) is 0 Å². The van der Waals surface area contributed by atoms with Crippen LogP contribution >= 0.6 is 12.4 Å². The average Bonchev–Trinajstić information content (AvgIpc) is 2.92. The Morgan fingerprint density at radius 1 is 1.36 bits per heavy atom. The highest BCUT2D eigenvalue weighted by Gasteiger charge is 2.58. The van der Waals surface area contributed by atoms with E-state index in [-0.39, 0.29) is 36.2 Å². The Labute approximate surface area is 156 Å². The topological polar surface area (TPSA) is 78.0 Å². The molecule has 0 aliphatic carbocycles. The fourth-order valence-corrected chi connectivity index (χ4v) is 4.92. The van der Waals surface area contributed by atoms with Crippen molar-refractivity contribution >= 4 is 34.2 Å². The fraction of sp³-hybridized carbons (Fsp3) is 0.750. The van der Waals surface area contributed by atoms with Gasteiger partial charge in [0.25, 0.3) is 0 Å². The van der Waals surface area contributed by atoms with Crippen molar-refractivity contribution in [3.05, 3.63) is 12.2 Å². The predicted octanol–water partition coefficient (Wildman–Crippen LogP) is 0.570. The van der Waals surface area contributed by atoms with Gasteiger partial charge >= 0.3 is 0 Å². The summed E-state index contributed by atoms with van der Waals surface area (Å²) < 4.78 is 25.1. The summed E-state index contributed by atoms with van der Waals surface area (Å²) in [4.78, 5) is 28.8. The molecule has 9 heteroatoms. The summed E-state index contributed by atoms with van der Waals surface area (Å²) in [5.74, 6) is -1.04. The van der Waals surface area contributed by atoms with Crippen molar-refractivity contribution in [2.45, 2.75) is 32.4 Å². The van der Waals surface area contributed by atoms with Crippen LogP contribution in [0.2, 0.25) is 0 Å². The summed E-state index contributed by atoms with van der Waals surface area (Å²) in [5.41, 5.74) is 0. The van der Waals surface area contributed by atoms with Gasteiger partial charge in [0.05, 0.1) is 24.3 Å². The van der Waals surface area contributed by atoms with E-state index in [4.69, 9.17) is 0 Å². The van der Waals surface area contributed by atoms with Gasteiger partial charge in [0.2, 0.25) is 21.8 Å². The van der Waals surface area contributed by atoms with Crippen LogP contribution in [0.4, 0.5) is 0 Å². The van der Waals surface area contributed by atoms with Crippen LogP contribution in [0, 0.1) is 11.8 Å². The lowest BCUT2D eigenvalue weighted by Gasteiger charge is -2.28. The van der Waals surface area contributed by atoms with E-state index in [1.165, 1.54) is 6.08 Å². The van der Waals surface area contributed by atoms with Gasteiger partial charge in [-0.15, -0.1) is 12.4 Å². The molecule has 2 amide bonds. The predicted molar refractivity (Wildman–Crippen MR) is 98.9 cm³/mol. The molecule has 7 nitrogen and oxygen atoms in total. The number of likely N-dealkylation sites (N-methyl/N-ethyl adjacent to an activating group) is 1. The molecule has 0 aromatic heterocycles. The minimum absolute atomic E-state index is 0. The van der Waals surface area contributed by atoms with Gasteiger partial charge in [-0.2, -0.15) is 0 Å². The highest BCUT2D eigenvalue weighted by atomic mass is 35.5. The van der Waals surface area contributed by atoms with Crippen molar-refractivity contribution in [3.63, 3.8) is 0 Å². The number of hydrogen-bond acceptors (Lipinski definition) is 5. The first-order chi connectivity index (χ1) is 11.1. The molecular weight excluding hydrogens is 366 g/mol. The molecule has 2 saturated heterocycles. The van der Waals surface area contributed by atoms with E-state index in [1.54, 1.807) is 11.0 Å². The fourth-order valence-electron chi connectivity index (χ4n) is 3.75. The Hall–Kier alpha value is -1.12. The van der Waals surface area contributed by atoms with Crippen molar-refractivity contribution in [1.82, 2.24) is 14.1 Å². The third-order valence-electron chi connectivity index (χ3n) is 4.68. The van der Waals surface area contributed by atoms with E-state index in [9.17, 15) is 18.0 Å². The second-order valence-corrected chi connectivity index (χ2v) is 9.07. The Morgan fingerprint density at radius 3 is 2.44 bits per heavy atom. The summed E-state index contributed by atoms with van der Waals surface area (Å²) in [6.45, 7) is 4.92. The average molecular weight is 394 g/mol. The Kier molecular flexibility index (Phi) is 7.06. The molecule has 0 bridgehead atoms. The lowest BCUT2D eigenvalue weighted by molar-refractivity contribution is -0.131. The third-order valence-corrected chi connectivity index (χ3v) is 5.85. The summed E-state index contributed by atoms with van der Waals surface area (Å²) in [7, 11) is 0.195. The van der Waals surface area contributed by atoms with Gasteiger partial charge in [-0.1, -0.05) is 19.9 Å². The molecule has 2 heterocycles. The molecule has 0 aromatic rings. The number of hydrogen-bond donors (Lipinski definition) is 0. The standard InChI is InChI=1S/C16H27N3O4S.ClH/c1-11(2)14-15-12(19(16(14)21)24(5,22)23)8-10-18(15)13(20)7-6-9-17(3)4;/h6-7,11-12,14-15H,8-10H2,1-5H3;1H/b7-6+;/t12-,14+,15-;/m0./s1. The Bertz CT molecular complexity index is 648. The minimum atomic E-state index is -3.63. The first kappa shape index (κ1) is 21.9. The number of carbonyl (C=O) groups is 2. The molecular formula is C16H28ClN3O4S. The Morgan fingerprint density at radius 2 is 1.96 bits per heavy atom. The van der Waals surface area contributed by atoms with E-state index in [0.29, 0.717) is 19.5 Å². The van der Waals surface area contributed by atoms with E-state index in [0.717, 1.165) is 10.6 Å². The van der Waals surface area contributed by atoms with Crippen molar-refractivity contribution in [1.29, 1.82) is 0 Å². The van der Waals surface area contributed by atoms with Gasteiger partial charge in [0.15, 0.2) is 0 Å². The summed E-state index contributed by atoms with van der Waals surface area (Å²) in [6.07, 6.45) is 4.87. The van der Waals surface area contributed by atoms with E-state index in [2.05, 4.69) is 0 Å². The van der Waals surface area contributed by atoms with Crippen molar-refractivity contribution in [2.75, 3.05) is 33.4 Å². The molecule has 2 fully saturated rings. The van der Waals surface area contributed by atoms with Gasteiger partial charge in [-0.3, -0.25) is 9.59 Å². The molecule has 2 rings (SSSR count). The molecule has 3 atom stereocenters. The minimum Gasteiger partial charge on any atom is -0.333 e. The second-order valence-electron chi connectivity index (χ2n) is 7.21. The second kappa shape index (κ2) is 8.05. The van der Waals surface area contributed by atoms with E-state index < -0.39 is 22.0 Å². The zero-order valence-corrected chi connectivity index (χ0v) is 17.0. The molecule has 144 valence electrons. The van der Waals surface area contributed by atoms with Gasteiger partial charge in [0, 0.05) is 19.2 Å². The number of sulfonamides is 1. The number of nitrogens with zero attached hydrogens (tertiary/aromatic N) is 3. The van der Waals surface area contributed by atoms with Gasteiger partial charge in [-0.05, 0) is 26.4 Å². The van der Waals surface area contributed by atoms with Crippen LogP contribution in [0.15, 0.2) is 12.2 Å². The van der Waals surface area contributed by atoms with Crippen LogP contribution in [0.1, 0.15) is 20.3 Å². The SMILES string of the molecule is CC(C)[C@H]1C(=O)N(S(C)(=O)=O)[C@H]2CCN(C(=O)/C=C/CN(C)C)[C@H]12.Cl. The number of fused-ring (bicyclic) bond motifs is 1. The first-order valence-corrected chi connectivity index (χ1v) is 10.1.